The van der Waals surface area contributed by atoms with Crippen LogP contribution in [0.25, 0.3) is 22.3 Å². The van der Waals surface area contributed by atoms with Gasteiger partial charge in [-0.1, -0.05) is 58.9 Å². The van der Waals surface area contributed by atoms with Crippen LogP contribution in [-0.2, 0) is 105 Å². The molecule has 0 radical (unpaired) electrons. The highest BCUT2D eigenvalue weighted by atomic mass is 35.5. The van der Waals surface area contributed by atoms with E-state index in [9.17, 15) is 48.0 Å². The van der Waals surface area contributed by atoms with Crippen molar-refractivity contribution in [3.8, 4) is 28.6 Å². The molecule has 558 valence electrons. The van der Waals surface area contributed by atoms with Crippen molar-refractivity contribution in [2.75, 3.05) is 81.0 Å². The number of carboxylic acids is 2. The Hall–Kier alpha value is -6.53. The normalized spacial score (nSPS) is 20.9. The fraction of sp³-hybridized carbons (Fsp3) is 0.580. The number of nitrogens with one attached hydrogen (secondary N) is 2. The number of hydrogen-bond donors (Lipinski definition) is 9. The van der Waals surface area contributed by atoms with E-state index in [2.05, 4.69) is 10.6 Å². The summed E-state index contributed by atoms with van der Waals surface area (Å²) in [5.41, 5.74) is 4.47. The van der Waals surface area contributed by atoms with Crippen molar-refractivity contribution in [3.05, 3.63) is 117 Å². The van der Waals surface area contributed by atoms with Gasteiger partial charge in [0.2, 0.25) is 5.79 Å². The number of phenols is 1. The average molecular weight is 1450 g/mol. The zero-order valence-corrected chi connectivity index (χ0v) is 60.8. The van der Waals surface area contributed by atoms with Crippen LogP contribution in [0.3, 0.4) is 0 Å². The molecule has 3 saturated heterocycles. The number of carboxylic acid groups (broad SMARTS) is 2. The van der Waals surface area contributed by atoms with Gasteiger partial charge >= 0.3 is 28.2 Å². The minimum Gasteiger partial charge on any atom is -0.508 e. The second kappa shape index (κ2) is 37.6. The first-order valence-electron chi connectivity index (χ1n) is 32.7. The van der Waals surface area contributed by atoms with Crippen LogP contribution in [0.1, 0.15) is 115 Å². The van der Waals surface area contributed by atoms with Gasteiger partial charge in [0.1, 0.15) is 74.2 Å². The number of hydrogen-bond acceptors (Lipinski definition) is 25. The van der Waals surface area contributed by atoms with E-state index < -0.39 is 82.2 Å². The lowest BCUT2D eigenvalue weighted by atomic mass is 9.86. The molecule has 0 amide bonds. The maximum atomic E-state index is 13.2. The van der Waals surface area contributed by atoms with Crippen LogP contribution in [0.4, 0.5) is 0 Å². The summed E-state index contributed by atoms with van der Waals surface area (Å²) in [6.07, 6.45) is -1.17. The number of nitrogens with zero attached hydrogens (tertiary/aromatic N) is 3. The number of aliphatic hydroxyl groups excluding tert-OH is 2. The first-order valence-corrected chi connectivity index (χ1v) is 34.2. The minimum absolute atomic E-state index is 0. The van der Waals surface area contributed by atoms with Crippen molar-refractivity contribution >= 4 is 51.5 Å². The molecule has 7 heterocycles. The van der Waals surface area contributed by atoms with Gasteiger partial charge in [-0.05, 0) is 121 Å². The highest BCUT2D eigenvalue weighted by molar-refractivity contribution is 7.84. The van der Waals surface area contributed by atoms with Crippen molar-refractivity contribution in [1.82, 2.24) is 25.1 Å². The molecule has 5 aliphatic heterocycles. The number of carbonyl (C=O) groups excluding carboxylic acids is 1. The Kier molecular flexibility index (Phi) is 31.6. The number of methoxy groups -OCH3 is 2. The standard InChI is InChI=1S/C23H23N3O5.2C15H25NO3.C12H21NO8S.C4H6O4.ClH/c1-4-23(30)16-8-18-20-12(9-26(18)21(28)15(16)11-31-22(23)29)7-13-14(10-25(2)3)19(27)6-5-17(13)24-20;2*1-12(2)16-10-14(17)11-19-15-6-4-13(5-7-15)8-9-18-3;1-10(2)18-7-5-16-12(6-17-22(13,14)15)9(8(7)19-10)20-11(3,4)21-12;5-3(6)1-2-4(7)8;/h5-8,27,30H,4,9-11H2,1-3H3;2*4-7,12,14,16-17H,8-11H2,1-3H3;7-9H,5-6H2,1-4H3,(H2,13,14,15);1-2H2,(H,5,6)(H,7,8);1H/t23-;;;7-,8-,9+,12+;;/m0..1../s1. The highest BCUT2D eigenvalue weighted by Crippen LogP contribution is 2.48. The van der Waals surface area contributed by atoms with Gasteiger partial charge in [0.15, 0.2) is 17.2 Å². The van der Waals surface area contributed by atoms with Gasteiger partial charge in [0, 0.05) is 68.0 Å². The number of nitrogens with two attached hydrogens (primary N) is 1. The third-order valence-electron chi connectivity index (χ3n) is 15.9. The lowest BCUT2D eigenvalue weighted by molar-refractivity contribution is -0.290. The topological polar surface area (TPSA) is 396 Å². The van der Waals surface area contributed by atoms with Crippen LogP contribution in [0.15, 0.2) is 77.6 Å². The molecule has 0 spiro atoms. The third kappa shape index (κ3) is 24.3. The van der Waals surface area contributed by atoms with E-state index in [0.717, 1.165) is 54.1 Å². The first kappa shape index (κ1) is 84.1. The second-order valence-electron chi connectivity index (χ2n) is 26.1. The van der Waals surface area contributed by atoms with Crippen LogP contribution in [-0.4, -0.2) is 212 Å². The Morgan fingerprint density at radius 1 is 0.800 bits per heavy atom. The number of ether oxygens (including phenoxy) is 10. The fourth-order valence-electron chi connectivity index (χ4n) is 11.1. The number of halogens is 1. The molecule has 10 N–H and O–H groups in total. The summed E-state index contributed by atoms with van der Waals surface area (Å²) in [4.78, 5) is 51.6. The first-order chi connectivity index (χ1) is 46.5. The summed E-state index contributed by atoms with van der Waals surface area (Å²) in [5.74, 6) is -4.31. The largest absolute Gasteiger partial charge is 0.508 e. The zero-order chi connectivity index (χ0) is 73.2. The van der Waals surface area contributed by atoms with Crippen molar-refractivity contribution in [2.45, 2.75) is 180 Å². The smallest absolute Gasteiger partial charge is 0.343 e. The van der Waals surface area contributed by atoms with Crippen LogP contribution in [0.5, 0.6) is 17.2 Å². The summed E-state index contributed by atoms with van der Waals surface area (Å²) in [7, 11) is 3.12. The molecule has 10 rings (SSSR count). The molecule has 29 nitrogen and oxygen atoms in total. The number of benzene rings is 3. The molecule has 100 heavy (non-hydrogen) atoms. The number of aliphatic carboxylic acids is 2. The molecule has 31 heteroatoms. The Bertz CT molecular complexity index is 3570. The van der Waals surface area contributed by atoms with E-state index >= 15 is 0 Å². The third-order valence-corrected chi connectivity index (χ3v) is 16.4. The van der Waals surface area contributed by atoms with E-state index in [-0.39, 0.29) is 62.3 Å². The van der Waals surface area contributed by atoms with Gasteiger partial charge in [-0.15, -0.1) is 12.4 Å². The van der Waals surface area contributed by atoms with Crippen LogP contribution < -0.4 is 30.8 Å². The van der Waals surface area contributed by atoms with Crippen LogP contribution in [0, 0.1) is 0 Å². The minimum atomic E-state index is -4.14. The molecular formula is C69H101ClN6O23S. The van der Waals surface area contributed by atoms with Crippen LogP contribution >= 0.6 is 12.4 Å². The summed E-state index contributed by atoms with van der Waals surface area (Å²) in [6.45, 7) is 20.4. The SMILES string of the molecule is CC1(C)O[C@@H]2[C@@H](CO[C@@]3(COS(N)(=O)=O)OC(C)(C)O[C@@H]23)O1.CC[C@@]1(O)C(=O)OCc2c1cc1n(c2=O)Cc2cc3c(CN(C)C)c(O)ccc3nc2-1.COCCc1ccc(OCC(O)CNC(C)C)cc1.COCCc1ccc(OCC(O)CNC(C)C)cc1.Cl.O=C(O)CCC(=O)O. The quantitative estimate of drug-likeness (QED) is 0.0305. The van der Waals surface area contributed by atoms with Gasteiger partial charge < -0.3 is 98.1 Å². The Balaban J connectivity index is 0.000000236. The number of aliphatic hydroxyl groups is 3. The molecular weight excluding hydrogens is 1350 g/mol. The number of pyridine rings is 2. The van der Waals surface area contributed by atoms with Gasteiger partial charge in [0.05, 0.1) is 61.7 Å². The van der Waals surface area contributed by atoms with E-state index in [4.69, 9.17) is 71.9 Å². The van der Waals surface area contributed by atoms with Gasteiger partial charge in [-0.2, -0.15) is 8.42 Å². The van der Waals surface area contributed by atoms with Crippen molar-refractivity contribution in [1.29, 1.82) is 0 Å². The summed E-state index contributed by atoms with van der Waals surface area (Å²) in [5, 5.41) is 68.7. The highest BCUT2D eigenvalue weighted by Gasteiger charge is 2.66. The Morgan fingerprint density at radius 2 is 1.34 bits per heavy atom. The molecule has 3 fully saturated rings. The van der Waals surface area contributed by atoms with Crippen molar-refractivity contribution < 1.29 is 105 Å². The maximum absolute atomic E-state index is 13.2. The molecule has 0 saturated carbocycles. The summed E-state index contributed by atoms with van der Waals surface area (Å²) >= 11 is 0. The predicted molar refractivity (Wildman–Crippen MR) is 370 cm³/mol. The van der Waals surface area contributed by atoms with E-state index in [0.29, 0.717) is 79.5 Å². The number of aromatic nitrogens is 2. The predicted octanol–water partition coefficient (Wildman–Crippen LogP) is 5.04. The van der Waals surface area contributed by atoms with E-state index in [1.807, 2.05) is 101 Å². The molecule has 0 bridgehead atoms. The number of esters is 1. The van der Waals surface area contributed by atoms with Gasteiger partial charge in [0.25, 0.3) is 5.56 Å². The van der Waals surface area contributed by atoms with E-state index in [1.165, 1.54) is 11.1 Å². The fourth-order valence-corrected chi connectivity index (χ4v) is 11.4. The molecule has 7 atom stereocenters. The Morgan fingerprint density at radius 3 is 1.82 bits per heavy atom. The van der Waals surface area contributed by atoms with E-state index in [1.54, 1.807) is 71.6 Å². The average Bonchev–Trinajstić information content (AvgIpc) is 1.53. The van der Waals surface area contributed by atoms with Gasteiger partial charge in [-0.25, -0.2) is 14.9 Å². The monoisotopic (exact) mass is 1450 g/mol. The molecule has 0 aliphatic carbocycles. The second-order valence-corrected chi connectivity index (χ2v) is 27.4. The zero-order valence-electron chi connectivity index (χ0n) is 59.1. The lowest BCUT2D eigenvalue weighted by Gasteiger charge is -2.40. The maximum Gasteiger partial charge on any atom is 0.343 e. The molecule has 5 aliphatic rings. The number of fused-ring (bicyclic) bond motifs is 8. The number of cyclic esters (lactones) is 1. The van der Waals surface area contributed by atoms with Gasteiger partial charge in [-0.3, -0.25) is 18.6 Å². The lowest BCUT2D eigenvalue weighted by Crippen LogP contribution is -2.60. The molecule has 3 aromatic carbocycles. The number of carbonyl (C=O) groups is 3. The molecule has 2 unspecified atom stereocenters. The molecule has 5 aromatic rings. The number of aromatic hydroxyl groups is 1. The van der Waals surface area contributed by atoms with Crippen LogP contribution in [0.2, 0.25) is 0 Å². The number of phenolic OH excluding ortho intramolecular Hbond substituents is 1. The van der Waals surface area contributed by atoms with Crippen molar-refractivity contribution in [2.24, 2.45) is 5.14 Å². The van der Waals surface area contributed by atoms with Crippen molar-refractivity contribution in [3.63, 3.8) is 0 Å². The molecule has 2 aromatic heterocycles. The number of rotatable bonds is 27. The summed E-state index contributed by atoms with van der Waals surface area (Å²) in [6, 6.07) is 23.6. The summed E-state index contributed by atoms with van der Waals surface area (Å²) < 4.78 is 83.7. The Labute approximate surface area is 590 Å².